The van der Waals surface area contributed by atoms with Gasteiger partial charge in [0.15, 0.2) is 0 Å². The highest BCUT2D eigenvalue weighted by Gasteiger charge is 2.62. The summed E-state index contributed by atoms with van der Waals surface area (Å²) in [7, 11) is 0. The molecule has 0 aromatic carbocycles. The van der Waals surface area contributed by atoms with Gasteiger partial charge < -0.3 is 10.1 Å². The smallest absolute Gasteiger partial charge is 0.139 e. The molecule has 1 aliphatic heterocycles. The van der Waals surface area contributed by atoms with Crippen LogP contribution >= 0.6 is 0 Å². The molecular formula is C26H39NO2. The molecule has 3 heteroatoms. The van der Waals surface area contributed by atoms with E-state index < -0.39 is 0 Å². The summed E-state index contributed by atoms with van der Waals surface area (Å²) in [6.07, 6.45) is 16.5. The fourth-order valence-corrected chi connectivity index (χ4v) is 8.60. The summed E-state index contributed by atoms with van der Waals surface area (Å²) in [5, 5.41) is 3.47. The van der Waals surface area contributed by atoms with Crippen LogP contribution < -0.4 is 5.32 Å². The molecule has 0 bridgehead atoms. The van der Waals surface area contributed by atoms with Crippen LogP contribution in [-0.2, 0) is 9.59 Å². The van der Waals surface area contributed by atoms with E-state index in [2.05, 4.69) is 31.3 Å². The molecule has 0 radical (unpaired) electrons. The first-order valence-electron chi connectivity index (χ1n) is 12.3. The maximum Gasteiger partial charge on any atom is 0.139 e. The average molecular weight is 398 g/mol. The van der Waals surface area contributed by atoms with Gasteiger partial charge in [-0.1, -0.05) is 26.0 Å². The number of fused-ring (bicyclic) bond motifs is 5. The van der Waals surface area contributed by atoms with Gasteiger partial charge in [-0.3, -0.25) is 4.79 Å². The minimum absolute atomic E-state index is 0.138. The van der Waals surface area contributed by atoms with Gasteiger partial charge >= 0.3 is 0 Å². The lowest BCUT2D eigenvalue weighted by Gasteiger charge is -2.61. The SMILES string of the molecule is C[C@]12CC[C@@H](C=C[C@H]3CCNC3)CC1CC(C=O)[C@@H]1[C@@H]2CC[C@]2(C)C(=O)CC[C@@H]12. The lowest BCUT2D eigenvalue weighted by atomic mass is 9.42. The fourth-order valence-electron chi connectivity index (χ4n) is 8.60. The number of nitrogens with one attached hydrogen (secondary N) is 1. The van der Waals surface area contributed by atoms with Gasteiger partial charge in [-0.2, -0.15) is 0 Å². The minimum Gasteiger partial charge on any atom is -0.316 e. The number of Topliss-reactive ketones (excluding diaryl/α,β-unsaturated/α-hetero) is 1. The Kier molecular flexibility index (Phi) is 5.04. The lowest BCUT2D eigenvalue weighted by molar-refractivity contribution is -0.154. The Bertz CT molecular complexity index is 695. The van der Waals surface area contributed by atoms with Crippen molar-refractivity contribution in [1.82, 2.24) is 5.32 Å². The number of hydrogen-bond acceptors (Lipinski definition) is 3. The predicted octanol–water partition coefficient (Wildman–Crippen LogP) is 4.81. The summed E-state index contributed by atoms with van der Waals surface area (Å²) < 4.78 is 0. The first-order valence-corrected chi connectivity index (χ1v) is 12.3. The third-order valence-electron chi connectivity index (χ3n) is 10.4. The van der Waals surface area contributed by atoms with Gasteiger partial charge in [0.25, 0.3) is 0 Å². The maximum absolute atomic E-state index is 12.7. The van der Waals surface area contributed by atoms with Gasteiger partial charge in [0.2, 0.25) is 0 Å². The van der Waals surface area contributed by atoms with Gasteiger partial charge in [-0.05, 0) is 98.8 Å². The van der Waals surface area contributed by atoms with E-state index in [1.807, 2.05) is 0 Å². The van der Waals surface area contributed by atoms with Crippen molar-refractivity contribution in [2.24, 2.45) is 52.3 Å². The highest BCUT2D eigenvalue weighted by molar-refractivity contribution is 5.87. The Balaban J connectivity index is 1.36. The molecule has 0 aromatic heterocycles. The van der Waals surface area contributed by atoms with Crippen molar-refractivity contribution >= 4 is 12.1 Å². The molecule has 0 aromatic rings. The average Bonchev–Trinajstić information content (AvgIpc) is 3.34. The van der Waals surface area contributed by atoms with E-state index in [0.717, 1.165) is 51.1 Å². The molecule has 5 rings (SSSR count). The lowest BCUT2D eigenvalue weighted by Crippen LogP contribution is -2.56. The van der Waals surface area contributed by atoms with Crippen molar-refractivity contribution in [2.45, 2.75) is 71.6 Å². The van der Waals surface area contributed by atoms with E-state index in [4.69, 9.17) is 0 Å². The molecule has 5 fully saturated rings. The minimum atomic E-state index is -0.138. The molecule has 4 aliphatic carbocycles. The van der Waals surface area contributed by atoms with Gasteiger partial charge in [0.05, 0.1) is 0 Å². The monoisotopic (exact) mass is 397 g/mol. The summed E-state index contributed by atoms with van der Waals surface area (Å²) in [5.41, 5.74) is 0.233. The first-order chi connectivity index (χ1) is 14.0. The van der Waals surface area contributed by atoms with Crippen molar-refractivity contribution in [3.63, 3.8) is 0 Å². The summed E-state index contributed by atoms with van der Waals surface area (Å²) in [6.45, 7) is 7.07. The van der Waals surface area contributed by atoms with Crippen molar-refractivity contribution in [3.05, 3.63) is 12.2 Å². The van der Waals surface area contributed by atoms with E-state index in [1.54, 1.807) is 0 Å². The molecule has 9 atom stereocenters. The van der Waals surface area contributed by atoms with Crippen LogP contribution in [0.2, 0.25) is 0 Å². The van der Waals surface area contributed by atoms with E-state index in [0.29, 0.717) is 40.8 Å². The molecule has 5 aliphatic rings. The molecular weight excluding hydrogens is 358 g/mol. The Morgan fingerprint density at radius 2 is 1.79 bits per heavy atom. The van der Waals surface area contributed by atoms with Crippen LogP contribution in [-0.4, -0.2) is 25.2 Å². The first kappa shape index (κ1) is 20.0. The Labute approximate surface area is 176 Å². The zero-order chi connectivity index (χ0) is 20.2. The third kappa shape index (κ3) is 3.09. The van der Waals surface area contributed by atoms with Crippen LogP contribution in [0.25, 0.3) is 0 Å². The topological polar surface area (TPSA) is 46.2 Å². The highest BCUT2D eigenvalue weighted by atomic mass is 16.1. The largest absolute Gasteiger partial charge is 0.316 e. The zero-order valence-electron chi connectivity index (χ0n) is 18.4. The summed E-state index contributed by atoms with van der Waals surface area (Å²) in [5.74, 6) is 4.29. The van der Waals surface area contributed by atoms with Crippen molar-refractivity contribution in [1.29, 1.82) is 0 Å². The number of carbonyl (C=O) groups excluding carboxylic acids is 2. The van der Waals surface area contributed by atoms with Crippen LogP contribution in [0.4, 0.5) is 0 Å². The maximum atomic E-state index is 12.7. The number of aldehydes is 1. The second-order valence-electron chi connectivity index (χ2n) is 11.6. The Morgan fingerprint density at radius 1 is 0.966 bits per heavy atom. The normalized spacial score (nSPS) is 52.2. The second-order valence-corrected chi connectivity index (χ2v) is 11.6. The van der Waals surface area contributed by atoms with E-state index >= 15 is 0 Å². The predicted molar refractivity (Wildman–Crippen MR) is 115 cm³/mol. The molecule has 2 unspecified atom stereocenters. The molecule has 3 nitrogen and oxygen atoms in total. The molecule has 1 N–H and O–H groups in total. The van der Waals surface area contributed by atoms with Crippen LogP contribution in [0, 0.1) is 52.3 Å². The standard InChI is InChI=1S/C26H39NO2/c1-25-10-7-17(3-4-18-9-12-27-15-18)13-20(25)14-19(16-28)24-21-5-6-23(29)26(21,2)11-8-22(24)25/h3-4,16-22,24,27H,5-15H2,1-2H3/t17-,18+,19?,20?,21+,22+,24+,25+,26+/m1/s1. The number of rotatable bonds is 3. The number of carbonyl (C=O) groups is 2. The van der Waals surface area contributed by atoms with Crippen LogP contribution in [0.1, 0.15) is 71.6 Å². The van der Waals surface area contributed by atoms with Crippen LogP contribution in [0.5, 0.6) is 0 Å². The highest BCUT2D eigenvalue weighted by Crippen LogP contribution is 2.67. The number of hydrogen-bond donors (Lipinski definition) is 1. The van der Waals surface area contributed by atoms with Gasteiger partial charge in [-0.15, -0.1) is 0 Å². The van der Waals surface area contributed by atoms with Crippen LogP contribution in [0.3, 0.4) is 0 Å². The molecule has 29 heavy (non-hydrogen) atoms. The Morgan fingerprint density at radius 3 is 2.55 bits per heavy atom. The molecule has 0 spiro atoms. The number of allylic oxidation sites excluding steroid dienone is 1. The summed E-state index contributed by atoms with van der Waals surface area (Å²) in [6, 6.07) is 0. The fraction of sp³-hybridized carbons (Fsp3) is 0.846. The van der Waals surface area contributed by atoms with Crippen molar-refractivity contribution in [3.8, 4) is 0 Å². The van der Waals surface area contributed by atoms with E-state index in [-0.39, 0.29) is 11.3 Å². The van der Waals surface area contributed by atoms with Gasteiger partial charge in [0, 0.05) is 24.3 Å². The molecule has 1 heterocycles. The summed E-state index contributed by atoms with van der Waals surface area (Å²) in [4.78, 5) is 24.9. The molecule has 0 amide bonds. The van der Waals surface area contributed by atoms with Crippen molar-refractivity contribution < 1.29 is 9.59 Å². The molecule has 160 valence electrons. The van der Waals surface area contributed by atoms with E-state index in [9.17, 15) is 9.59 Å². The van der Waals surface area contributed by atoms with Gasteiger partial charge in [0.1, 0.15) is 12.1 Å². The zero-order valence-corrected chi connectivity index (χ0v) is 18.4. The van der Waals surface area contributed by atoms with Crippen molar-refractivity contribution in [2.75, 3.05) is 13.1 Å². The van der Waals surface area contributed by atoms with Gasteiger partial charge in [-0.25, -0.2) is 0 Å². The third-order valence-corrected chi connectivity index (χ3v) is 10.4. The molecule has 4 saturated carbocycles. The Hall–Kier alpha value is -0.960. The van der Waals surface area contributed by atoms with E-state index in [1.165, 1.54) is 32.0 Å². The number of ketones is 1. The van der Waals surface area contributed by atoms with Crippen LogP contribution in [0.15, 0.2) is 12.2 Å². The molecule has 1 saturated heterocycles. The second kappa shape index (κ2) is 7.32. The summed E-state index contributed by atoms with van der Waals surface area (Å²) >= 11 is 0. The quantitative estimate of drug-likeness (QED) is 0.549.